The second-order valence-electron chi connectivity index (χ2n) is 3.38. The maximum atomic E-state index is 5.07. The molecule has 0 radical (unpaired) electrons. The van der Waals surface area contributed by atoms with Gasteiger partial charge >= 0.3 is 0 Å². The lowest BCUT2D eigenvalue weighted by atomic mass is 10.4. The summed E-state index contributed by atoms with van der Waals surface area (Å²) >= 11 is 0. The monoisotopic (exact) mass is 166 g/mol. The van der Waals surface area contributed by atoms with Crippen molar-refractivity contribution in [2.75, 3.05) is 7.11 Å². The number of rotatable bonds is 4. The summed E-state index contributed by atoms with van der Waals surface area (Å²) in [5.41, 5.74) is 1.18. The lowest BCUT2D eigenvalue weighted by Gasteiger charge is -2.04. The Balaban J connectivity index is 2.01. The SMILES string of the molecule is COCc1ccnn1CC1CC1. The van der Waals surface area contributed by atoms with Gasteiger partial charge in [-0.15, -0.1) is 0 Å². The van der Waals surface area contributed by atoms with E-state index >= 15 is 0 Å². The first-order chi connectivity index (χ1) is 5.90. The lowest BCUT2D eigenvalue weighted by Crippen LogP contribution is -2.06. The number of aromatic nitrogens is 2. The van der Waals surface area contributed by atoms with E-state index in [1.807, 2.05) is 12.3 Å². The van der Waals surface area contributed by atoms with Crippen LogP contribution in [-0.2, 0) is 17.9 Å². The van der Waals surface area contributed by atoms with E-state index < -0.39 is 0 Å². The van der Waals surface area contributed by atoms with E-state index in [-0.39, 0.29) is 0 Å². The Bertz CT molecular complexity index is 253. The van der Waals surface area contributed by atoms with E-state index in [4.69, 9.17) is 4.74 Å². The van der Waals surface area contributed by atoms with Gasteiger partial charge in [0.1, 0.15) is 0 Å². The summed E-state index contributed by atoms with van der Waals surface area (Å²) in [6, 6.07) is 2.02. The first-order valence-corrected chi connectivity index (χ1v) is 4.40. The molecule has 1 aromatic heterocycles. The molecule has 66 valence electrons. The molecular weight excluding hydrogens is 152 g/mol. The van der Waals surface area contributed by atoms with E-state index in [1.54, 1.807) is 7.11 Å². The molecule has 3 heteroatoms. The van der Waals surface area contributed by atoms with Gasteiger partial charge in [0.15, 0.2) is 0 Å². The molecule has 0 saturated heterocycles. The van der Waals surface area contributed by atoms with Gasteiger partial charge in [0.25, 0.3) is 0 Å². The van der Waals surface area contributed by atoms with E-state index in [9.17, 15) is 0 Å². The number of nitrogens with zero attached hydrogens (tertiary/aromatic N) is 2. The van der Waals surface area contributed by atoms with Gasteiger partial charge < -0.3 is 4.74 Å². The second kappa shape index (κ2) is 3.27. The van der Waals surface area contributed by atoms with Crippen LogP contribution >= 0.6 is 0 Å². The minimum atomic E-state index is 0.673. The van der Waals surface area contributed by atoms with Gasteiger partial charge in [0, 0.05) is 19.9 Å². The molecule has 0 amide bonds. The molecule has 0 spiro atoms. The smallest absolute Gasteiger partial charge is 0.0880 e. The average molecular weight is 166 g/mol. The van der Waals surface area contributed by atoms with E-state index in [1.165, 1.54) is 18.5 Å². The van der Waals surface area contributed by atoms with Crippen molar-refractivity contribution >= 4 is 0 Å². The van der Waals surface area contributed by atoms with Gasteiger partial charge in [-0.05, 0) is 24.8 Å². The zero-order chi connectivity index (χ0) is 8.39. The van der Waals surface area contributed by atoms with Crippen LogP contribution in [0.25, 0.3) is 0 Å². The number of methoxy groups -OCH3 is 1. The van der Waals surface area contributed by atoms with Crippen LogP contribution in [-0.4, -0.2) is 16.9 Å². The summed E-state index contributed by atoms with van der Waals surface area (Å²) in [5, 5.41) is 4.25. The summed E-state index contributed by atoms with van der Waals surface area (Å²) < 4.78 is 7.12. The van der Waals surface area contributed by atoms with Crippen molar-refractivity contribution in [1.82, 2.24) is 9.78 Å². The summed E-state index contributed by atoms with van der Waals surface area (Å²) in [6.45, 7) is 1.75. The average Bonchev–Trinajstić information content (AvgIpc) is 2.76. The Morgan fingerprint density at radius 2 is 2.50 bits per heavy atom. The van der Waals surface area contributed by atoms with Crippen molar-refractivity contribution in [2.24, 2.45) is 5.92 Å². The molecular formula is C9H14N2O. The van der Waals surface area contributed by atoms with Crippen molar-refractivity contribution in [1.29, 1.82) is 0 Å². The van der Waals surface area contributed by atoms with Gasteiger partial charge in [-0.1, -0.05) is 0 Å². The highest BCUT2D eigenvalue weighted by Gasteiger charge is 2.22. The highest BCUT2D eigenvalue weighted by atomic mass is 16.5. The fourth-order valence-electron chi connectivity index (χ4n) is 1.34. The number of ether oxygens (including phenoxy) is 1. The molecule has 1 heterocycles. The molecule has 0 N–H and O–H groups in total. The van der Waals surface area contributed by atoms with Crippen molar-refractivity contribution < 1.29 is 4.74 Å². The highest BCUT2D eigenvalue weighted by molar-refractivity contribution is 4.99. The molecule has 0 atom stereocenters. The van der Waals surface area contributed by atoms with Crippen molar-refractivity contribution in [3.8, 4) is 0 Å². The van der Waals surface area contributed by atoms with Gasteiger partial charge in [0.2, 0.25) is 0 Å². The quantitative estimate of drug-likeness (QED) is 0.676. The number of hydrogen-bond donors (Lipinski definition) is 0. The Labute approximate surface area is 72.3 Å². The molecule has 3 nitrogen and oxygen atoms in total. The first-order valence-electron chi connectivity index (χ1n) is 4.40. The van der Waals surface area contributed by atoms with Crippen LogP contribution < -0.4 is 0 Å². The summed E-state index contributed by atoms with van der Waals surface area (Å²) in [7, 11) is 1.72. The van der Waals surface area contributed by atoms with Crippen molar-refractivity contribution in [3.63, 3.8) is 0 Å². The fraction of sp³-hybridized carbons (Fsp3) is 0.667. The van der Waals surface area contributed by atoms with Gasteiger partial charge in [-0.25, -0.2) is 0 Å². The highest BCUT2D eigenvalue weighted by Crippen LogP contribution is 2.30. The largest absolute Gasteiger partial charge is 0.378 e. The molecule has 0 unspecified atom stereocenters. The Morgan fingerprint density at radius 1 is 1.67 bits per heavy atom. The second-order valence-corrected chi connectivity index (χ2v) is 3.38. The van der Waals surface area contributed by atoms with Crippen LogP contribution in [0, 0.1) is 5.92 Å². The third-order valence-corrected chi connectivity index (χ3v) is 2.22. The van der Waals surface area contributed by atoms with E-state index in [0.717, 1.165) is 12.5 Å². The zero-order valence-corrected chi connectivity index (χ0v) is 7.36. The molecule has 1 fully saturated rings. The van der Waals surface area contributed by atoms with Crippen molar-refractivity contribution in [2.45, 2.75) is 26.0 Å². The fourth-order valence-corrected chi connectivity index (χ4v) is 1.34. The van der Waals surface area contributed by atoms with Crippen LogP contribution in [0.2, 0.25) is 0 Å². The Morgan fingerprint density at radius 3 is 3.17 bits per heavy atom. The molecule has 0 bridgehead atoms. The van der Waals surface area contributed by atoms with Crippen LogP contribution in [0.3, 0.4) is 0 Å². The molecule has 1 saturated carbocycles. The van der Waals surface area contributed by atoms with E-state index in [2.05, 4.69) is 9.78 Å². The number of hydrogen-bond acceptors (Lipinski definition) is 2. The minimum Gasteiger partial charge on any atom is -0.378 e. The topological polar surface area (TPSA) is 27.1 Å². The molecule has 0 aromatic carbocycles. The molecule has 1 aliphatic carbocycles. The zero-order valence-electron chi connectivity index (χ0n) is 7.36. The summed E-state index contributed by atoms with van der Waals surface area (Å²) in [6.07, 6.45) is 4.58. The van der Waals surface area contributed by atoms with Crippen LogP contribution in [0.1, 0.15) is 18.5 Å². The normalized spacial score (nSPS) is 16.8. The van der Waals surface area contributed by atoms with Gasteiger partial charge in [-0.2, -0.15) is 5.10 Å². The van der Waals surface area contributed by atoms with E-state index in [0.29, 0.717) is 6.61 Å². The molecule has 1 aromatic rings. The van der Waals surface area contributed by atoms with Crippen molar-refractivity contribution in [3.05, 3.63) is 18.0 Å². The molecule has 2 rings (SSSR count). The van der Waals surface area contributed by atoms with Gasteiger partial charge in [0.05, 0.1) is 12.3 Å². The maximum absolute atomic E-state index is 5.07. The Kier molecular flexibility index (Phi) is 2.13. The molecule has 12 heavy (non-hydrogen) atoms. The Hall–Kier alpha value is -0.830. The van der Waals surface area contributed by atoms with Crippen LogP contribution in [0.4, 0.5) is 0 Å². The minimum absolute atomic E-state index is 0.673. The lowest BCUT2D eigenvalue weighted by molar-refractivity contribution is 0.176. The third-order valence-electron chi connectivity index (χ3n) is 2.22. The predicted molar refractivity (Wildman–Crippen MR) is 45.7 cm³/mol. The third kappa shape index (κ3) is 1.67. The van der Waals surface area contributed by atoms with Crippen LogP contribution in [0.5, 0.6) is 0 Å². The van der Waals surface area contributed by atoms with Crippen LogP contribution in [0.15, 0.2) is 12.3 Å². The summed E-state index contributed by atoms with van der Waals surface area (Å²) in [4.78, 5) is 0. The predicted octanol–water partition coefficient (Wildman–Crippen LogP) is 1.44. The first kappa shape index (κ1) is 7.80. The molecule has 1 aliphatic rings. The van der Waals surface area contributed by atoms with Gasteiger partial charge in [-0.3, -0.25) is 4.68 Å². The maximum Gasteiger partial charge on any atom is 0.0880 e. The molecule has 0 aliphatic heterocycles. The summed E-state index contributed by atoms with van der Waals surface area (Å²) in [5.74, 6) is 0.875. The standard InChI is InChI=1S/C9H14N2O/c1-12-7-9-4-5-10-11(9)6-8-2-3-8/h4-5,8H,2-3,6-7H2,1H3.